The van der Waals surface area contributed by atoms with Crippen LogP contribution in [-0.4, -0.2) is 44.6 Å². The summed E-state index contributed by atoms with van der Waals surface area (Å²) in [7, 11) is -3.25. The molecule has 1 amide bonds. The molecule has 1 aliphatic rings. The van der Waals surface area contributed by atoms with Gasteiger partial charge in [-0.2, -0.15) is 0 Å². The fourth-order valence-corrected chi connectivity index (χ4v) is 3.44. The lowest BCUT2D eigenvalue weighted by atomic mass is 9.98. The second-order valence-electron chi connectivity index (χ2n) is 5.41. The summed E-state index contributed by atoms with van der Waals surface area (Å²) in [5.74, 6) is 0.225. The van der Waals surface area contributed by atoms with E-state index < -0.39 is 10.0 Å². The Morgan fingerprint density at radius 3 is 2.91 bits per heavy atom. The number of hydrogen-bond donors (Lipinski definition) is 1. The first-order valence-corrected chi connectivity index (χ1v) is 9.24. The molecule has 0 spiro atoms. The summed E-state index contributed by atoms with van der Waals surface area (Å²) in [6.45, 7) is 3.19. The van der Waals surface area contributed by atoms with Gasteiger partial charge >= 0.3 is 0 Å². The molecule has 6 nitrogen and oxygen atoms in total. The van der Waals surface area contributed by atoms with Crippen LogP contribution in [0.25, 0.3) is 0 Å². The molecule has 1 unspecified atom stereocenters. The van der Waals surface area contributed by atoms with Gasteiger partial charge in [0.15, 0.2) is 0 Å². The van der Waals surface area contributed by atoms with Crippen LogP contribution in [0.1, 0.15) is 19.8 Å². The van der Waals surface area contributed by atoms with Crippen molar-refractivity contribution in [1.82, 2.24) is 4.31 Å². The lowest BCUT2D eigenvalue weighted by molar-refractivity contribution is -0.120. The maximum absolute atomic E-state index is 12.3. The number of nitrogens with one attached hydrogen (secondary N) is 1. The van der Waals surface area contributed by atoms with Crippen LogP contribution >= 0.6 is 0 Å². The highest BCUT2D eigenvalue weighted by atomic mass is 32.2. The molecule has 122 valence electrons. The number of carbonyl (C=O) groups excluding carboxylic acids is 1. The van der Waals surface area contributed by atoms with Crippen molar-refractivity contribution in [2.75, 3.05) is 31.3 Å². The molecule has 0 saturated carbocycles. The van der Waals surface area contributed by atoms with E-state index in [0.29, 0.717) is 37.4 Å². The number of amides is 1. The number of anilines is 1. The summed E-state index contributed by atoms with van der Waals surface area (Å²) < 4.78 is 30.0. The lowest BCUT2D eigenvalue weighted by Gasteiger charge is -2.30. The zero-order valence-corrected chi connectivity index (χ0v) is 13.7. The molecule has 0 aromatic heterocycles. The summed E-state index contributed by atoms with van der Waals surface area (Å²) in [6, 6.07) is 7.19. The average molecular weight is 326 g/mol. The largest absolute Gasteiger partial charge is 0.494 e. The van der Waals surface area contributed by atoms with Crippen LogP contribution in [-0.2, 0) is 14.8 Å². The van der Waals surface area contributed by atoms with Gasteiger partial charge in [-0.05, 0) is 31.9 Å². The van der Waals surface area contributed by atoms with Gasteiger partial charge in [-0.15, -0.1) is 0 Å². The summed E-state index contributed by atoms with van der Waals surface area (Å²) in [6.07, 6.45) is 2.58. The maximum Gasteiger partial charge on any atom is 0.228 e. The molecule has 1 atom stereocenters. The quantitative estimate of drug-likeness (QED) is 0.893. The fourth-order valence-electron chi connectivity index (χ4n) is 2.53. The molecular formula is C15H22N2O4S. The highest BCUT2D eigenvalue weighted by molar-refractivity contribution is 7.88. The second-order valence-corrected chi connectivity index (χ2v) is 7.39. The number of piperidine rings is 1. The van der Waals surface area contributed by atoms with Crippen LogP contribution in [0.15, 0.2) is 24.3 Å². The van der Waals surface area contributed by atoms with Gasteiger partial charge in [0.25, 0.3) is 0 Å². The standard InChI is InChI=1S/C15H22N2O4S/c1-3-21-14-8-4-7-13(10-14)16-15(18)12-6-5-9-17(11-12)22(2,19)20/h4,7-8,10,12H,3,5-6,9,11H2,1-2H3,(H,16,18). The van der Waals surface area contributed by atoms with Crippen LogP contribution in [0.5, 0.6) is 5.75 Å². The van der Waals surface area contributed by atoms with Crippen LogP contribution in [0.4, 0.5) is 5.69 Å². The van der Waals surface area contributed by atoms with E-state index in [1.54, 1.807) is 12.1 Å². The van der Waals surface area contributed by atoms with Crippen molar-refractivity contribution in [3.8, 4) is 5.75 Å². The number of ether oxygens (including phenoxy) is 1. The molecule has 0 radical (unpaired) electrons. The number of sulfonamides is 1. The summed E-state index contributed by atoms with van der Waals surface area (Å²) >= 11 is 0. The van der Waals surface area contributed by atoms with Crippen LogP contribution in [0.3, 0.4) is 0 Å². The minimum absolute atomic E-state index is 0.151. The first-order valence-electron chi connectivity index (χ1n) is 7.39. The molecule has 22 heavy (non-hydrogen) atoms. The number of hydrogen-bond acceptors (Lipinski definition) is 4. The van der Waals surface area contributed by atoms with Gasteiger partial charge in [0.2, 0.25) is 15.9 Å². The Morgan fingerprint density at radius 2 is 2.23 bits per heavy atom. The first kappa shape index (κ1) is 16.8. The molecule has 1 aromatic carbocycles. The Bertz CT molecular complexity index is 630. The molecule has 1 saturated heterocycles. The van der Waals surface area contributed by atoms with Gasteiger partial charge in [0, 0.05) is 24.8 Å². The normalized spacial score (nSPS) is 19.6. The smallest absolute Gasteiger partial charge is 0.228 e. The number of carbonyl (C=O) groups is 1. The van der Waals surface area contributed by atoms with Crippen molar-refractivity contribution in [1.29, 1.82) is 0 Å². The van der Waals surface area contributed by atoms with Crippen molar-refractivity contribution < 1.29 is 17.9 Å². The van der Waals surface area contributed by atoms with Crippen molar-refractivity contribution in [3.63, 3.8) is 0 Å². The number of rotatable bonds is 5. The Kier molecular flexibility index (Phi) is 5.42. The minimum Gasteiger partial charge on any atom is -0.494 e. The minimum atomic E-state index is -3.25. The zero-order chi connectivity index (χ0) is 16.2. The van der Waals surface area contributed by atoms with E-state index >= 15 is 0 Å². The molecule has 0 aliphatic carbocycles. The topological polar surface area (TPSA) is 75.7 Å². The SMILES string of the molecule is CCOc1cccc(NC(=O)C2CCCN(S(C)(=O)=O)C2)c1. The molecule has 1 fully saturated rings. The second kappa shape index (κ2) is 7.11. The summed E-state index contributed by atoms with van der Waals surface area (Å²) in [4.78, 5) is 12.3. The van der Waals surface area contributed by atoms with Gasteiger partial charge < -0.3 is 10.1 Å². The fraction of sp³-hybridized carbons (Fsp3) is 0.533. The molecule has 2 rings (SSSR count). The summed E-state index contributed by atoms with van der Waals surface area (Å²) in [5.41, 5.74) is 0.660. The van der Waals surface area contributed by atoms with Crippen LogP contribution < -0.4 is 10.1 Å². The third-order valence-corrected chi connectivity index (χ3v) is 4.91. The zero-order valence-electron chi connectivity index (χ0n) is 12.9. The predicted octanol–water partition coefficient (Wildman–Crippen LogP) is 1.70. The van der Waals surface area contributed by atoms with Crippen LogP contribution in [0.2, 0.25) is 0 Å². The maximum atomic E-state index is 12.3. The van der Waals surface area contributed by atoms with E-state index in [9.17, 15) is 13.2 Å². The molecule has 1 aliphatic heterocycles. The van der Waals surface area contributed by atoms with Gasteiger partial charge in [-0.25, -0.2) is 12.7 Å². The van der Waals surface area contributed by atoms with Crippen molar-refractivity contribution in [3.05, 3.63) is 24.3 Å². The first-order chi connectivity index (χ1) is 10.4. The van der Waals surface area contributed by atoms with E-state index in [4.69, 9.17) is 4.74 Å². The van der Waals surface area contributed by atoms with Gasteiger partial charge in [-0.3, -0.25) is 4.79 Å². The average Bonchev–Trinajstić information content (AvgIpc) is 2.47. The molecular weight excluding hydrogens is 304 g/mol. The molecule has 1 N–H and O–H groups in total. The third kappa shape index (κ3) is 4.45. The molecule has 0 bridgehead atoms. The Hall–Kier alpha value is -1.60. The Morgan fingerprint density at radius 1 is 1.45 bits per heavy atom. The van der Waals surface area contributed by atoms with Crippen molar-refractivity contribution in [2.24, 2.45) is 5.92 Å². The highest BCUT2D eigenvalue weighted by Gasteiger charge is 2.30. The lowest BCUT2D eigenvalue weighted by Crippen LogP contribution is -2.43. The molecule has 1 aromatic rings. The third-order valence-electron chi connectivity index (χ3n) is 3.64. The monoisotopic (exact) mass is 326 g/mol. The van der Waals surface area contributed by atoms with E-state index in [1.165, 1.54) is 10.6 Å². The molecule has 1 heterocycles. The van der Waals surface area contributed by atoms with Gasteiger partial charge in [0.05, 0.1) is 18.8 Å². The highest BCUT2D eigenvalue weighted by Crippen LogP contribution is 2.22. The van der Waals surface area contributed by atoms with Crippen molar-refractivity contribution in [2.45, 2.75) is 19.8 Å². The predicted molar refractivity (Wildman–Crippen MR) is 85.4 cm³/mol. The Labute approximate surface area is 131 Å². The Balaban J connectivity index is 2.01. The number of nitrogens with zero attached hydrogens (tertiary/aromatic N) is 1. The number of benzene rings is 1. The van der Waals surface area contributed by atoms with E-state index in [-0.39, 0.29) is 18.4 Å². The van der Waals surface area contributed by atoms with Crippen molar-refractivity contribution >= 4 is 21.6 Å². The summed E-state index contributed by atoms with van der Waals surface area (Å²) in [5, 5.41) is 2.84. The van der Waals surface area contributed by atoms with Gasteiger partial charge in [-0.1, -0.05) is 6.07 Å². The van der Waals surface area contributed by atoms with Gasteiger partial charge in [0.1, 0.15) is 5.75 Å². The van der Waals surface area contributed by atoms with E-state index in [2.05, 4.69) is 5.32 Å². The molecule has 7 heteroatoms. The van der Waals surface area contributed by atoms with Crippen LogP contribution in [0, 0.1) is 5.92 Å². The van der Waals surface area contributed by atoms with E-state index in [0.717, 1.165) is 0 Å². The van der Waals surface area contributed by atoms with E-state index in [1.807, 2.05) is 19.1 Å².